The summed E-state index contributed by atoms with van der Waals surface area (Å²) in [7, 11) is 0. The van der Waals surface area contributed by atoms with Gasteiger partial charge in [-0.2, -0.15) is 27.5 Å². The van der Waals surface area contributed by atoms with Gasteiger partial charge in [0.2, 0.25) is 11.8 Å². The maximum Gasteiger partial charge on any atom is 0.388 e. The maximum atomic E-state index is 12.5. The monoisotopic (exact) mass is 424 g/mol. The van der Waals surface area contributed by atoms with Crippen LogP contribution in [-0.4, -0.2) is 34.3 Å². The van der Waals surface area contributed by atoms with E-state index in [1.807, 2.05) is 0 Å². The van der Waals surface area contributed by atoms with Crippen LogP contribution in [0.5, 0.6) is 23.5 Å². The fourth-order valence-electron chi connectivity index (χ4n) is 2.53. The molecule has 1 heterocycles. The molecule has 3 aromatic rings. The van der Waals surface area contributed by atoms with E-state index in [1.54, 1.807) is 30.3 Å². The van der Waals surface area contributed by atoms with Gasteiger partial charge in [0.15, 0.2) is 0 Å². The van der Waals surface area contributed by atoms with E-state index in [4.69, 9.17) is 4.74 Å². The Balaban J connectivity index is 2.04. The second-order valence-electron chi connectivity index (χ2n) is 5.54. The summed E-state index contributed by atoms with van der Waals surface area (Å²) in [4.78, 5) is 18.9. The molecule has 0 unspecified atom stereocenters. The fourth-order valence-corrected chi connectivity index (χ4v) is 2.53. The Labute approximate surface area is 166 Å². The fraction of sp³-hybridized carbons (Fsp3) is 0.105. The van der Waals surface area contributed by atoms with Crippen LogP contribution in [0.1, 0.15) is 10.4 Å². The van der Waals surface area contributed by atoms with E-state index in [1.165, 1.54) is 18.2 Å². The average molecular weight is 424 g/mol. The molecule has 0 saturated carbocycles. The Morgan fingerprint density at radius 1 is 0.867 bits per heavy atom. The average Bonchev–Trinajstić information content (AvgIpc) is 2.67. The van der Waals surface area contributed by atoms with Crippen LogP contribution in [0.2, 0.25) is 0 Å². The zero-order chi connectivity index (χ0) is 21.7. The molecule has 1 aromatic heterocycles. The molecule has 11 heteroatoms. The third-order valence-electron chi connectivity index (χ3n) is 3.60. The molecule has 30 heavy (non-hydrogen) atoms. The molecule has 7 nitrogen and oxygen atoms in total. The van der Waals surface area contributed by atoms with Crippen LogP contribution in [0, 0.1) is 0 Å². The summed E-state index contributed by atoms with van der Waals surface area (Å²) in [5.41, 5.74) is 0.589. The van der Waals surface area contributed by atoms with Crippen molar-refractivity contribution in [3.05, 3.63) is 60.2 Å². The highest BCUT2D eigenvalue weighted by Crippen LogP contribution is 2.34. The summed E-state index contributed by atoms with van der Waals surface area (Å²) in [6, 6.07) is 12.7. The Morgan fingerprint density at radius 3 is 2.00 bits per heavy atom. The number of carboxylic acid groups (broad SMARTS) is 1. The van der Waals surface area contributed by atoms with Crippen molar-refractivity contribution in [3.8, 4) is 34.6 Å². The Hall–Kier alpha value is -3.89. The van der Waals surface area contributed by atoms with Crippen LogP contribution >= 0.6 is 0 Å². The Morgan fingerprint density at radius 2 is 1.47 bits per heavy atom. The number of rotatable bonds is 8. The van der Waals surface area contributed by atoms with Crippen molar-refractivity contribution in [1.29, 1.82) is 0 Å². The number of alkyl halides is 4. The van der Waals surface area contributed by atoms with Gasteiger partial charge in [-0.25, -0.2) is 4.79 Å². The lowest BCUT2D eigenvalue weighted by Gasteiger charge is -2.13. The summed E-state index contributed by atoms with van der Waals surface area (Å²) in [5, 5.41) is 9.66. The molecular weight excluding hydrogens is 412 g/mol. The first-order chi connectivity index (χ1) is 14.3. The summed E-state index contributed by atoms with van der Waals surface area (Å²) < 4.78 is 63.5. The summed E-state index contributed by atoms with van der Waals surface area (Å²) >= 11 is 0. The van der Waals surface area contributed by atoms with Crippen LogP contribution in [0.15, 0.2) is 54.6 Å². The zero-order valence-corrected chi connectivity index (χ0v) is 14.8. The highest BCUT2D eigenvalue weighted by atomic mass is 19.3. The molecule has 0 bridgehead atoms. The van der Waals surface area contributed by atoms with Crippen LogP contribution in [-0.2, 0) is 0 Å². The molecule has 0 aliphatic rings. The molecule has 0 radical (unpaired) electrons. The number of ether oxygens (including phenoxy) is 3. The first kappa shape index (κ1) is 20.8. The molecule has 1 N–H and O–H groups in total. The van der Waals surface area contributed by atoms with Gasteiger partial charge in [0.1, 0.15) is 11.3 Å². The van der Waals surface area contributed by atoms with Crippen molar-refractivity contribution >= 4 is 5.97 Å². The summed E-state index contributed by atoms with van der Waals surface area (Å²) in [6.07, 6.45) is 0. The lowest BCUT2D eigenvalue weighted by molar-refractivity contribution is -0.0585. The molecule has 0 spiro atoms. The second kappa shape index (κ2) is 9.07. The van der Waals surface area contributed by atoms with Gasteiger partial charge in [-0.05, 0) is 17.2 Å². The lowest BCUT2D eigenvalue weighted by Crippen LogP contribution is -2.09. The van der Waals surface area contributed by atoms with E-state index in [0.717, 1.165) is 0 Å². The number of hydrogen-bond acceptors (Lipinski definition) is 6. The predicted octanol–water partition coefficient (Wildman–Crippen LogP) is 4.84. The third-order valence-corrected chi connectivity index (χ3v) is 3.60. The quantitative estimate of drug-likeness (QED) is 0.518. The molecule has 156 valence electrons. The van der Waals surface area contributed by atoms with E-state index < -0.39 is 37.0 Å². The minimum atomic E-state index is -3.30. The van der Waals surface area contributed by atoms with Gasteiger partial charge in [0.05, 0.1) is 6.07 Å². The molecule has 3 rings (SSSR count). The van der Waals surface area contributed by atoms with Crippen LogP contribution in [0.3, 0.4) is 0 Å². The number of hydrogen-bond donors (Lipinski definition) is 1. The van der Waals surface area contributed by atoms with Crippen LogP contribution in [0.4, 0.5) is 17.6 Å². The predicted molar refractivity (Wildman–Crippen MR) is 94.2 cm³/mol. The zero-order valence-electron chi connectivity index (χ0n) is 14.8. The third kappa shape index (κ3) is 5.13. The largest absolute Gasteiger partial charge is 0.478 e. The van der Waals surface area contributed by atoms with Crippen LogP contribution < -0.4 is 14.2 Å². The van der Waals surface area contributed by atoms with E-state index >= 15 is 0 Å². The van der Waals surface area contributed by atoms with Gasteiger partial charge < -0.3 is 19.3 Å². The number of nitrogens with zero attached hydrogens (tertiary/aromatic N) is 2. The highest BCUT2D eigenvalue weighted by molar-refractivity contribution is 5.99. The van der Waals surface area contributed by atoms with Crippen molar-refractivity contribution in [3.63, 3.8) is 0 Å². The van der Waals surface area contributed by atoms with E-state index in [0.29, 0.717) is 17.2 Å². The van der Waals surface area contributed by atoms with E-state index in [2.05, 4.69) is 19.4 Å². The van der Waals surface area contributed by atoms with Gasteiger partial charge in [-0.1, -0.05) is 42.5 Å². The van der Waals surface area contributed by atoms with Gasteiger partial charge in [0, 0.05) is 0 Å². The van der Waals surface area contributed by atoms with Crippen molar-refractivity contribution in [1.82, 2.24) is 9.97 Å². The standard InChI is InChI=1S/C19H12F4N2O5/c20-17(21)29-13-9-14(30-18(22)23)25-19(24-13)28-12-8-4-7-11(15(12)16(26)27)10-5-2-1-3-6-10/h1-9,17-18H,(H,26,27). The van der Waals surface area contributed by atoms with Crippen molar-refractivity contribution in [2.24, 2.45) is 0 Å². The minimum Gasteiger partial charge on any atom is -0.478 e. The van der Waals surface area contributed by atoms with Gasteiger partial charge >= 0.3 is 25.2 Å². The maximum absolute atomic E-state index is 12.5. The number of benzene rings is 2. The molecule has 2 aromatic carbocycles. The SMILES string of the molecule is O=C(O)c1c(Oc2nc(OC(F)F)cc(OC(F)F)n2)cccc1-c1ccccc1. The lowest BCUT2D eigenvalue weighted by atomic mass is 9.99. The highest BCUT2D eigenvalue weighted by Gasteiger charge is 2.21. The number of aromatic carboxylic acids is 1. The molecule has 0 aliphatic carbocycles. The Bertz CT molecular complexity index is 1010. The minimum absolute atomic E-state index is 0.249. The summed E-state index contributed by atoms with van der Waals surface area (Å²) in [6.45, 7) is -6.61. The molecule has 0 fully saturated rings. The Kier molecular flexibility index (Phi) is 6.30. The van der Waals surface area contributed by atoms with Gasteiger partial charge in [-0.3, -0.25) is 0 Å². The van der Waals surface area contributed by atoms with Gasteiger partial charge in [0.25, 0.3) is 0 Å². The van der Waals surface area contributed by atoms with Crippen molar-refractivity contribution in [2.75, 3.05) is 0 Å². The van der Waals surface area contributed by atoms with E-state index in [9.17, 15) is 27.5 Å². The normalized spacial score (nSPS) is 10.9. The first-order valence-electron chi connectivity index (χ1n) is 8.21. The van der Waals surface area contributed by atoms with Crippen molar-refractivity contribution < 1.29 is 41.7 Å². The number of aromatic nitrogens is 2. The summed E-state index contributed by atoms with van der Waals surface area (Å²) in [5.74, 6) is -3.21. The smallest absolute Gasteiger partial charge is 0.388 e. The number of carbonyl (C=O) groups is 1. The molecule has 0 aliphatic heterocycles. The van der Waals surface area contributed by atoms with E-state index in [-0.39, 0.29) is 11.3 Å². The molecular formula is C19H12F4N2O5. The van der Waals surface area contributed by atoms with Crippen LogP contribution in [0.25, 0.3) is 11.1 Å². The second-order valence-corrected chi connectivity index (χ2v) is 5.54. The first-order valence-corrected chi connectivity index (χ1v) is 8.21. The molecule has 0 atom stereocenters. The van der Waals surface area contributed by atoms with Gasteiger partial charge in [-0.15, -0.1) is 0 Å². The molecule has 0 saturated heterocycles. The van der Waals surface area contributed by atoms with Crippen molar-refractivity contribution in [2.45, 2.75) is 13.2 Å². The molecule has 0 amide bonds. The number of halogens is 4. The topological polar surface area (TPSA) is 90.8 Å². The number of carboxylic acids is 1.